The van der Waals surface area contributed by atoms with E-state index in [2.05, 4.69) is 15.9 Å². The lowest BCUT2D eigenvalue weighted by Gasteiger charge is -2.06. The number of halogens is 1. The van der Waals surface area contributed by atoms with Gasteiger partial charge in [0.2, 0.25) is 0 Å². The number of hydrogen-bond acceptors (Lipinski definition) is 4. The first-order chi connectivity index (χ1) is 7.62. The number of methoxy groups -OCH3 is 1. The molecule has 0 aliphatic carbocycles. The van der Waals surface area contributed by atoms with Crippen LogP contribution in [0.25, 0.3) is 6.08 Å². The molecule has 0 heterocycles. The topological polar surface area (TPSA) is 77.0 Å². The van der Waals surface area contributed by atoms with Gasteiger partial charge in [0.15, 0.2) is 11.5 Å². The second kappa shape index (κ2) is 5.20. The number of aromatic hydroxyl groups is 1. The van der Waals surface area contributed by atoms with Crippen LogP contribution in [0.2, 0.25) is 0 Å². The highest BCUT2D eigenvalue weighted by Crippen LogP contribution is 2.33. The Bertz CT molecular complexity index is 508. The van der Waals surface area contributed by atoms with Crippen LogP contribution in [0.1, 0.15) is 5.56 Å². The molecule has 0 spiro atoms. The summed E-state index contributed by atoms with van der Waals surface area (Å²) in [5.41, 5.74) is 0.502. The van der Waals surface area contributed by atoms with Crippen molar-refractivity contribution in [3.8, 4) is 23.6 Å². The van der Waals surface area contributed by atoms with Crippen molar-refractivity contribution in [1.29, 1.82) is 10.5 Å². The molecule has 0 saturated heterocycles. The van der Waals surface area contributed by atoms with Crippen LogP contribution in [0, 0.1) is 22.7 Å². The van der Waals surface area contributed by atoms with Gasteiger partial charge in [-0.3, -0.25) is 0 Å². The number of allylic oxidation sites excluding steroid dienone is 1. The summed E-state index contributed by atoms with van der Waals surface area (Å²) >= 11 is 3.25. The maximum Gasteiger partial charge on any atom is 0.161 e. The molecule has 0 saturated carbocycles. The molecule has 0 unspecified atom stereocenters. The van der Waals surface area contributed by atoms with Gasteiger partial charge in [-0.1, -0.05) is 15.9 Å². The summed E-state index contributed by atoms with van der Waals surface area (Å²) in [5.74, 6) is 0.270. The molecule has 0 bridgehead atoms. The van der Waals surface area contributed by atoms with Gasteiger partial charge in [0.25, 0.3) is 0 Å². The summed E-state index contributed by atoms with van der Waals surface area (Å²) in [6.45, 7) is 0. The molecule has 4 nitrogen and oxygen atoms in total. The minimum Gasteiger partial charge on any atom is -0.504 e. The Morgan fingerprint density at radius 3 is 2.56 bits per heavy atom. The third-order valence-corrected chi connectivity index (χ3v) is 2.53. The lowest BCUT2D eigenvalue weighted by molar-refractivity contribution is 0.373. The van der Waals surface area contributed by atoms with Crippen molar-refractivity contribution in [3.05, 3.63) is 27.7 Å². The highest BCUT2D eigenvalue weighted by Gasteiger charge is 2.07. The molecule has 0 fully saturated rings. The molecule has 0 aliphatic heterocycles. The predicted molar refractivity (Wildman–Crippen MR) is 61.6 cm³/mol. The maximum atomic E-state index is 9.53. The fraction of sp³-hybridized carbons (Fsp3) is 0.0909. The summed E-state index contributed by atoms with van der Waals surface area (Å²) in [6.07, 6.45) is 1.38. The molecule has 0 radical (unpaired) electrons. The highest BCUT2D eigenvalue weighted by molar-refractivity contribution is 9.10. The summed E-state index contributed by atoms with van der Waals surface area (Å²) in [6, 6.07) is 6.46. The van der Waals surface area contributed by atoms with E-state index in [0.29, 0.717) is 15.8 Å². The fourth-order valence-electron chi connectivity index (χ4n) is 1.08. The number of hydrogen-bond donors (Lipinski definition) is 1. The third-order valence-electron chi connectivity index (χ3n) is 1.84. The van der Waals surface area contributed by atoms with Crippen molar-refractivity contribution in [3.63, 3.8) is 0 Å². The zero-order valence-electron chi connectivity index (χ0n) is 8.36. The van der Waals surface area contributed by atoms with Crippen LogP contribution < -0.4 is 4.74 Å². The van der Waals surface area contributed by atoms with E-state index in [9.17, 15) is 5.11 Å². The van der Waals surface area contributed by atoms with Gasteiger partial charge in [-0.2, -0.15) is 10.5 Å². The zero-order chi connectivity index (χ0) is 12.1. The molecule has 1 aromatic carbocycles. The lowest BCUT2D eigenvalue weighted by atomic mass is 10.1. The fourth-order valence-corrected chi connectivity index (χ4v) is 1.52. The van der Waals surface area contributed by atoms with E-state index >= 15 is 0 Å². The molecule has 16 heavy (non-hydrogen) atoms. The molecule has 1 aromatic rings. The van der Waals surface area contributed by atoms with Crippen LogP contribution in [0.4, 0.5) is 0 Å². The van der Waals surface area contributed by atoms with Crippen molar-refractivity contribution >= 4 is 22.0 Å². The van der Waals surface area contributed by atoms with E-state index in [1.165, 1.54) is 19.3 Å². The Morgan fingerprint density at radius 1 is 1.44 bits per heavy atom. The van der Waals surface area contributed by atoms with Crippen LogP contribution in [-0.4, -0.2) is 12.2 Å². The largest absolute Gasteiger partial charge is 0.504 e. The maximum absolute atomic E-state index is 9.53. The lowest BCUT2D eigenvalue weighted by Crippen LogP contribution is -1.86. The van der Waals surface area contributed by atoms with E-state index in [0.717, 1.165) is 0 Å². The van der Waals surface area contributed by atoms with Crippen LogP contribution in [0.3, 0.4) is 0 Å². The highest BCUT2D eigenvalue weighted by atomic mass is 79.9. The van der Waals surface area contributed by atoms with Crippen LogP contribution in [0.15, 0.2) is 22.2 Å². The quantitative estimate of drug-likeness (QED) is 0.844. The number of phenolic OH excluding ortho intramolecular Hbond substituents is 1. The molecule has 5 heteroatoms. The predicted octanol–water partition coefficient (Wildman–Crippen LogP) is 2.59. The van der Waals surface area contributed by atoms with Gasteiger partial charge in [0.1, 0.15) is 17.7 Å². The van der Waals surface area contributed by atoms with Crippen molar-refractivity contribution in [2.45, 2.75) is 0 Å². The molecule has 0 atom stereocenters. The van der Waals surface area contributed by atoms with Gasteiger partial charge in [0.05, 0.1) is 7.11 Å². The zero-order valence-corrected chi connectivity index (χ0v) is 9.95. The molecule has 1 N–H and O–H groups in total. The molecule has 1 rings (SSSR count). The van der Waals surface area contributed by atoms with Gasteiger partial charge in [-0.05, 0) is 23.8 Å². The molecule has 0 amide bonds. The molecular formula is C11H7BrN2O2. The SMILES string of the molecule is COc1cc(Br)c(C=C(C#N)C#N)cc1O. The minimum atomic E-state index is -0.0489. The van der Waals surface area contributed by atoms with E-state index in [-0.39, 0.29) is 11.3 Å². The van der Waals surface area contributed by atoms with Crippen molar-refractivity contribution < 1.29 is 9.84 Å². The molecule has 0 aromatic heterocycles. The minimum absolute atomic E-state index is 0.0368. The number of nitrogens with zero attached hydrogens (tertiary/aromatic N) is 2. The summed E-state index contributed by atoms with van der Waals surface area (Å²) in [5, 5.41) is 26.7. The van der Waals surface area contributed by atoms with Gasteiger partial charge >= 0.3 is 0 Å². The van der Waals surface area contributed by atoms with E-state index < -0.39 is 0 Å². The Labute approximate surface area is 101 Å². The molecular weight excluding hydrogens is 272 g/mol. The summed E-state index contributed by atoms with van der Waals surface area (Å²) in [7, 11) is 1.44. The Morgan fingerprint density at radius 2 is 2.06 bits per heavy atom. The van der Waals surface area contributed by atoms with E-state index in [1.54, 1.807) is 18.2 Å². The first-order valence-corrected chi connectivity index (χ1v) is 5.00. The van der Waals surface area contributed by atoms with Crippen molar-refractivity contribution in [2.75, 3.05) is 7.11 Å². The van der Waals surface area contributed by atoms with Gasteiger partial charge < -0.3 is 9.84 Å². The number of rotatable bonds is 2. The second-order valence-corrected chi connectivity index (χ2v) is 3.68. The van der Waals surface area contributed by atoms with Gasteiger partial charge in [-0.25, -0.2) is 0 Å². The van der Waals surface area contributed by atoms with Crippen LogP contribution in [-0.2, 0) is 0 Å². The van der Waals surface area contributed by atoms with E-state index in [4.69, 9.17) is 15.3 Å². The van der Waals surface area contributed by atoms with Crippen LogP contribution >= 0.6 is 15.9 Å². The van der Waals surface area contributed by atoms with Gasteiger partial charge in [0, 0.05) is 4.47 Å². The first-order valence-electron chi connectivity index (χ1n) is 4.20. The Kier molecular flexibility index (Phi) is 3.93. The number of ether oxygens (including phenoxy) is 1. The molecule has 80 valence electrons. The average Bonchev–Trinajstić information content (AvgIpc) is 2.29. The van der Waals surface area contributed by atoms with Crippen molar-refractivity contribution in [1.82, 2.24) is 0 Å². The standard InChI is InChI=1S/C11H7BrN2O2/c1-16-11-4-9(12)8(3-10(11)15)2-7(5-13)6-14/h2-4,15H,1H3. The average molecular weight is 279 g/mol. The smallest absolute Gasteiger partial charge is 0.161 e. The Hall–Kier alpha value is -1.98. The van der Waals surface area contributed by atoms with Crippen LogP contribution in [0.5, 0.6) is 11.5 Å². The van der Waals surface area contributed by atoms with E-state index in [1.807, 2.05) is 0 Å². The first kappa shape index (κ1) is 12.1. The summed E-state index contributed by atoms with van der Waals surface area (Å²) in [4.78, 5) is 0. The van der Waals surface area contributed by atoms with Gasteiger partial charge in [-0.15, -0.1) is 0 Å². The third kappa shape index (κ3) is 2.53. The second-order valence-electron chi connectivity index (χ2n) is 2.83. The normalized spacial score (nSPS) is 8.75. The summed E-state index contributed by atoms with van der Waals surface area (Å²) < 4.78 is 5.54. The Balaban J connectivity index is 3.29. The number of benzene rings is 1. The molecule has 0 aliphatic rings. The number of nitriles is 2. The monoisotopic (exact) mass is 278 g/mol. The van der Waals surface area contributed by atoms with Crippen molar-refractivity contribution in [2.24, 2.45) is 0 Å². The number of phenols is 1.